The number of hydrogen-bond acceptors (Lipinski definition) is 4. The van der Waals surface area contributed by atoms with E-state index in [0.717, 1.165) is 31.1 Å². The van der Waals surface area contributed by atoms with Crippen molar-refractivity contribution in [2.24, 2.45) is 5.73 Å². The van der Waals surface area contributed by atoms with Gasteiger partial charge >= 0.3 is 0 Å². The minimum absolute atomic E-state index is 0.171. The molecule has 1 fully saturated rings. The molecule has 1 aromatic heterocycles. The lowest BCUT2D eigenvalue weighted by Crippen LogP contribution is -2.42. The van der Waals surface area contributed by atoms with Crippen molar-refractivity contribution in [3.63, 3.8) is 0 Å². The van der Waals surface area contributed by atoms with Crippen LogP contribution in [0.25, 0.3) is 10.8 Å². The Morgan fingerprint density at radius 1 is 1.19 bits per heavy atom. The Morgan fingerprint density at radius 3 is 2.76 bits per heavy atom. The number of nitrogens with zero attached hydrogens (tertiary/aromatic N) is 2. The van der Waals surface area contributed by atoms with E-state index in [1.165, 1.54) is 11.1 Å². The molecular weight excluding hydrogens is 262 g/mol. The maximum atomic E-state index is 9.47. The topological polar surface area (TPSA) is 62.4 Å². The molecule has 0 radical (unpaired) electrons. The number of hydrogen-bond donors (Lipinski definition) is 2. The molecule has 2 aromatic rings. The van der Waals surface area contributed by atoms with E-state index in [4.69, 9.17) is 5.73 Å². The van der Waals surface area contributed by atoms with Gasteiger partial charge in [-0.1, -0.05) is 12.1 Å². The lowest BCUT2D eigenvalue weighted by atomic mass is 9.90. The van der Waals surface area contributed by atoms with Crippen LogP contribution in [0.5, 0.6) is 0 Å². The van der Waals surface area contributed by atoms with Gasteiger partial charge in [-0.15, -0.1) is 0 Å². The molecular formula is C17H23N3O. The molecule has 3 rings (SSSR count). The van der Waals surface area contributed by atoms with Gasteiger partial charge in [0.1, 0.15) is 0 Å². The summed E-state index contributed by atoms with van der Waals surface area (Å²) < 4.78 is 0. The third-order valence-electron chi connectivity index (χ3n) is 4.49. The van der Waals surface area contributed by atoms with Crippen molar-refractivity contribution in [1.29, 1.82) is 0 Å². The molecule has 0 aliphatic heterocycles. The first-order valence-corrected chi connectivity index (χ1v) is 7.75. The van der Waals surface area contributed by atoms with Gasteiger partial charge in [0.15, 0.2) is 0 Å². The van der Waals surface area contributed by atoms with E-state index in [1.807, 2.05) is 12.4 Å². The zero-order valence-electron chi connectivity index (χ0n) is 12.3. The van der Waals surface area contributed by atoms with Gasteiger partial charge in [0, 0.05) is 47.5 Å². The third-order valence-corrected chi connectivity index (χ3v) is 4.49. The average molecular weight is 285 g/mol. The van der Waals surface area contributed by atoms with Crippen molar-refractivity contribution in [2.75, 3.05) is 18.1 Å². The summed E-state index contributed by atoms with van der Waals surface area (Å²) in [6.07, 6.45) is 8.07. The predicted octanol–water partition coefficient (Wildman–Crippen LogP) is 2.30. The Bertz CT molecular complexity index is 588. The van der Waals surface area contributed by atoms with E-state index < -0.39 is 0 Å². The van der Waals surface area contributed by atoms with Gasteiger partial charge in [0.2, 0.25) is 0 Å². The van der Waals surface area contributed by atoms with E-state index in [2.05, 4.69) is 34.1 Å². The molecule has 4 heteroatoms. The van der Waals surface area contributed by atoms with E-state index >= 15 is 0 Å². The molecule has 1 aromatic carbocycles. The zero-order valence-corrected chi connectivity index (χ0v) is 12.3. The fourth-order valence-electron chi connectivity index (χ4n) is 3.38. The molecule has 0 atom stereocenters. The van der Waals surface area contributed by atoms with Crippen LogP contribution < -0.4 is 10.6 Å². The summed E-state index contributed by atoms with van der Waals surface area (Å²) in [4.78, 5) is 6.55. The molecule has 1 aliphatic carbocycles. The number of anilines is 1. The fraction of sp³-hybridized carbons (Fsp3) is 0.471. The lowest BCUT2D eigenvalue weighted by molar-refractivity contribution is 0.287. The second-order valence-corrected chi connectivity index (χ2v) is 5.86. The van der Waals surface area contributed by atoms with Crippen LogP contribution in [0.15, 0.2) is 36.7 Å². The number of aromatic nitrogens is 1. The van der Waals surface area contributed by atoms with Crippen molar-refractivity contribution < 1.29 is 5.11 Å². The Hall–Kier alpha value is -1.65. The van der Waals surface area contributed by atoms with Crippen LogP contribution in [0, 0.1) is 0 Å². The number of pyridine rings is 1. The van der Waals surface area contributed by atoms with Crippen LogP contribution in [0.4, 0.5) is 5.69 Å². The number of nitrogens with two attached hydrogens (primary N) is 1. The highest BCUT2D eigenvalue weighted by Crippen LogP contribution is 2.31. The van der Waals surface area contributed by atoms with Crippen LogP contribution in [0.1, 0.15) is 25.7 Å². The Kier molecular flexibility index (Phi) is 4.36. The van der Waals surface area contributed by atoms with Gasteiger partial charge < -0.3 is 15.7 Å². The van der Waals surface area contributed by atoms with Crippen LogP contribution >= 0.6 is 0 Å². The van der Waals surface area contributed by atoms with Crippen molar-refractivity contribution in [3.8, 4) is 0 Å². The molecule has 0 bridgehead atoms. The van der Waals surface area contributed by atoms with Crippen molar-refractivity contribution >= 4 is 16.5 Å². The molecule has 1 aliphatic rings. The molecule has 3 N–H and O–H groups in total. The molecule has 4 nitrogen and oxygen atoms in total. The lowest BCUT2D eigenvalue weighted by Gasteiger charge is -2.38. The van der Waals surface area contributed by atoms with E-state index in [0.29, 0.717) is 18.6 Å². The molecule has 0 amide bonds. The van der Waals surface area contributed by atoms with Gasteiger partial charge in [-0.2, -0.15) is 0 Å². The fourth-order valence-corrected chi connectivity index (χ4v) is 3.38. The van der Waals surface area contributed by atoms with Crippen LogP contribution in [0.3, 0.4) is 0 Å². The Balaban J connectivity index is 1.95. The van der Waals surface area contributed by atoms with Gasteiger partial charge in [-0.05, 0) is 37.8 Å². The SMILES string of the molecule is NC1CCC(N(CCO)c2cccc3cnccc23)CC1. The van der Waals surface area contributed by atoms with Crippen molar-refractivity contribution in [3.05, 3.63) is 36.7 Å². The minimum Gasteiger partial charge on any atom is -0.395 e. The highest BCUT2D eigenvalue weighted by molar-refractivity contribution is 5.93. The molecule has 0 saturated heterocycles. The van der Waals surface area contributed by atoms with Gasteiger partial charge in [0.05, 0.1) is 6.61 Å². The molecule has 112 valence electrons. The van der Waals surface area contributed by atoms with Gasteiger partial charge in [0.25, 0.3) is 0 Å². The molecule has 0 unspecified atom stereocenters. The minimum atomic E-state index is 0.171. The number of rotatable bonds is 4. The molecule has 21 heavy (non-hydrogen) atoms. The van der Waals surface area contributed by atoms with Crippen LogP contribution in [-0.2, 0) is 0 Å². The first-order chi connectivity index (χ1) is 10.3. The number of aliphatic hydroxyl groups excluding tert-OH is 1. The van der Waals surface area contributed by atoms with E-state index in [-0.39, 0.29) is 6.61 Å². The maximum absolute atomic E-state index is 9.47. The average Bonchev–Trinajstić information content (AvgIpc) is 2.53. The zero-order chi connectivity index (χ0) is 14.7. The Labute approximate surface area is 125 Å². The number of aliphatic hydroxyl groups is 1. The normalized spacial score (nSPS) is 22.4. The smallest absolute Gasteiger partial charge is 0.0606 e. The predicted molar refractivity (Wildman–Crippen MR) is 86.4 cm³/mol. The maximum Gasteiger partial charge on any atom is 0.0606 e. The van der Waals surface area contributed by atoms with Gasteiger partial charge in [-0.3, -0.25) is 4.98 Å². The Morgan fingerprint density at radius 2 is 2.00 bits per heavy atom. The van der Waals surface area contributed by atoms with E-state index in [1.54, 1.807) is 0 Å². The summed E-state index contributed by atoms with van der Waals surface area (Å²) in [6.45, 7) is 0.839. The summed E-state index contributed by atoms with van der Waals surface area (Å²) in [5.74, 6) is 0. The standard InChI is InChI=1S/C17H23N3O/c18-14-4-6-15(7-5-14)20(10-11-21)17-3-1-2-13-12-19-9-8-16(13)17/h1-3,8-9,12,14-15,21H,4-7,10-11,18H2. The molecule has 1 heterocycles. The second kappa shape index (κ2) is 6.41. The third kappa shape index (κ3) is 3.01. The summed E-state index contributed by atoms with van der Waals surface area (Å²) in [6, 6.07) is 9.17. The summed E-state index contributed by atoms with van der Waals surface area (Å²) >= 11 is 0. The first-order valence-electron chi connectivity index (χ1n) is 7.75. The van der Waals surface area contributed by atoms with Gasteiger partial charge in [-0.25, -0.2) is 0 Å². The van der Waals surface area contributed by atoms with Crippen LogP contribution in [0.2, 0.25) is 0 Å². The van der Waals surface area contributed by atoms with Crippen molar-refractivity contribution in [2.45, 2.75) is 37.8 Å². The van der Waals surface area contributed by atoms with Crippen molar-refractivity contribution in [1.82, 2.24) is 4.98 Å². The molecule has 0 spiro atoms. The number of fused-ring (bicyclic) bond motifs is 1. The van der Waals surface area contributed by atoms with E-state index in [9.17, 15) is 5.11 Å². The number of benzene rings is 1. The highest BCUT2D eigenvalue weighted by atomic mass is 16.3. The monoisotopic (exact) mass is 285 g/mol. The summed E-state index contributed by atoms with van der Waals surface area (Å²) in [5, 5.41) is 11.8. The molecule has 1 saturated carbocycles. The highest BCUT2D eigenvalue weighted by Gasteiger charge is 2.25. The first kappa shape index (κ1) is 14.3. The second-order valence-electron chi connectivity index (χ2n) is 5.86. The van der Waals surface area contributed by atoms with Crippen LogP contribution in [-0.4, -0.2) is 35.3 Å². The largest absolute Gasteiger partial charge is 0.395 e. The summed E-state index contributed by atoms with van der Waals surface area (Å²) in [5.41, 5.74) is 7.22. The quantitative estimate of drug-likeness (QED) is 0.905. The summed E-state index contributed by atoms with van der Waals surface area (Å²) in [7, 11) is 0.